The van der Waals surface area contributed by atoms with E-state index >= 15 is 0 Å². The minimum atomic E-state index is -0.355. The smallest absolute Gasteiger partial charge is 0.234 e. The molecule has 1 aromatic rings. The summed E-state index contributed by atoms with van der Waals surface area (Å²) in [5.41, 5.74) is -0.355. The van der Waals surface area contributed by atoms with Gasteiger partial charge in [-0.3, -0.25) is 10.1 Å². The van der Waals surface area contributed by atoms with Crippen LogP contribution in [-0.2, 0) is 15.1 Å². The second kappa shape index (κ2) is 7.15. The van der Waals surface area contributed by atoms with Crippen LogP contribution in [0.4, 0.5) is 0 Å². The third-order valence-corrected chi connectivity index (χ3v) is 4.65. The van der Waals surface area contributed by atoms with Gasteiger partial charge in [0, 0.05) is 31.6 Å². The zero-order valence-corrected chi connectivity index (χ0v) is 12.9. The van der Waals surface area contributed by atoms with Crippen molar-refractivity contribution in [2.45, 2.75) is 50.1 Å². The third kappa shape index (κ3) is 3.62. The minimum absolute atomic E-state index is 0.0636. The maximum Gasteiger partial charge on any atom is 0.234 e. The molecule has 6 heteroatoms. The first-order chi connectivity index (χ1) is 10.8. The molecule has 0 radical (unpaired) electrons. The highest BCUT2D eigenvalue weighted by molar-refractivity contribution is 5.78. The Balaban J connectivity index is 1.62. The molecule has 1 aliphatic heterocycles. The van der Waals surface area contributed by atoms with Crippen LogP contribution in [0.5, 0.6) is 0 Å². The Labute approximate surface area is 131 Å². The molecular weight excluding hydrogens is 280 g/mol. The average molecular weight is 304 g/mol. The summed E-state index contributed by atoms with van der Waals surface area (Å²) in [6, 6.07) is 2.16. The highest BCUT2D eigenvalue weighted by atomic mass is 16.5. The van der Waals surface area contributed by atoms with Gasteiger partial charge in [0.2, 0.25) is 5.91 Å². The van der Waals surface area contributed by atoms with Crippen LogP contribution in [0, 0.1) is 0 Å². The summed E-state index contributed by atoms with van der Waals surface area (Å²) >= 11 is 0. The fourth-order valence-electron chi connectivity index (χ4n) is 3.34. The molecule has 1 aromatic heterocycles. The van der Waals surface area contributed by atoms with Gasteiger partial charge in [0.15, 0.2) is 0 Å². The van der Waals surface area contributed by atoms with E-state index in [2.05, 4.69) is 20.6 Å². The minimum Gasteiger partial charge on any atom is -0.381 e. The summed E-state index contributed by atoms with van der Waals surface area (Å²) in [5.74, 6) is 0.820. The van der Waals surface area contributed by atoms with Crippen LogP contribution in [0.2, 0.25) is 0 Å². The second-order valence-corrected chi connectivity index (χ2v) is 6.17. The predicted molar refractivity (Wildman–Crippen MR) is 82.2 cm³/mol. The molecule has 2 N–H and O–H groups in total. The molecule has 6 nitrogen and oxygen atoms in total. The van der Waals surface area contributed by atoms with Crippen molar-refractivity contribution in [3.63, 3.8) is 0 Å². The Morgan fingerprint density at radius 3 is 2.59 bits per heavy atom. The number of nitrogens with one attached hydrogen (secondary N) is 2. The van der Waals surface area contributed by atoms with Gasteiger partial charge in [0.1, 0.15) is 5.82 Å². The van der Waals surface area contributed by atoms with Crippen LogP contribution in [-0.4, -0.2) is 41.7 Å². The van der Waals surface area contributed by atoms with Gasteiger partial charge in [0.05, 0.1) is 12.1 Å². The van der Waals surface area contributed by atoms with E-state index in [1.807, 2.05) is 6.07 Å². The number of rotatable bonds is 5. The highest BCUT2D eigenvalue weighted by Crippen LogP contribution is 2.29. The van der Waals surface area contributed by atoms with E-state index in [0.29, 0.717) is 25.8 Å². The first kappa shape index (κ1) is 15.4. The largest absolute Gasteiger partial charge is 0.381 e. The van der Waals surface area contributed by atoms with Gasteiger partial charge < -0.3 is 10.1 Å². The number of carbonyl (C=O) groups excluding carboxylic acids is 1. The Kier molecular flexibility index (Phi) is 5.00. The van der Waals surface area contributed by atoms with E-state index < -0.39 is 0 Å². The van der Waals surface area contributed by atoms with Gasteiger partial charge in [0.25, 0.3) is 0 Å². The fourth-order valence-corrected chi connectivity index (χ4v) is 3.34. The van der Waals surface area contributed by atoms with Crippen molar-refractivity contribution in [3.05, 3.63) is 24.3 Å². The molecule has 2 aliphatic rings. The molecular formula is C16H24N4O2. The normalized spacial score (nSPS) is 21.6. The number of aromatic nitrogens is 2. The predicted octanol–water partition coefficient (Wildman–Crippen LogP) is 1.13. The molecule has 3 rings (SSSR count). The van der Waals surface area contributed by atoms with Gasteiger partial charge in [-0.2, -0.15) is 0 Å². The molecule has 120 valence electrons. The zero-order valence-electron chi connectivity index (χ0n) is 12.9. The van der Waals surface area contributed by atoms with Crippen molar-refractivity contribution in [3.8, 4) is 0 Å². The molecule has 1 saturated carbocycles. The summed E-state index contributed by atoms with van der Waals surface area (Å²) in [6.45, 7) is 1.62. The number of nitrogens with zero attached hydrogens (tertiary/aromatic N) is 2. The van der Waals surface area contributed by atoms with Gasteiger partial charge in [-0.1, -0.05) is 12.8 Å². The van der Waals surface area contributed by atoms with E-state index in [4.69, 9.17) is 4.74 Å². The van der Waals surface area contributed by atoms with Crippen molar-refractivity contribution in [1.82, 2.24) is 20.6 Å². The summed E-state index contributed by atoms with van der Waals surface area (Å²) in [5, 5.41) is 6.52. The van der Waals surface area contributed by atoms with E-state index in [1.165, 1.54) is 12.8 Å². The Bertz CT molecular complexity index is 482. The SMILES string of the molecule is O=C(CNC1(c2ncccn2)CCOCC1)NC1CCCC1. The van der Waals surface area contributed by atoms with Crippen molar-refractivity contribution < 1.29 is 9.53 Å². The summed E-state index contributed by atoms with van der Waals surface area (Å²) in [4.78, 5) is 21.0. The van der Waals surface area contributed by atoms with Crippen LogP contribution in [0.1, 0.15) is 44.3 Å². The number of amides is 1. The van der Waals surface area contributed by atoms with Gasteiger partial charge in [-0.05, 0) is 31.7 Å². The van der Waals surface area contributed by atoms with E-state index in [0.717, 1.165) is 31.5 Å². The molecule has 2 fully saturated rings. The molecule has 0 bridgehead atoms. The van der Waals surface area contributed by atoms with Crippen LogP contribution in [0.15, 0.2) is 18.5 Å². The first-order valence-corrected chi connectivity index (χ1v) is 8.18. The Morgan fingerprint density at radius 2 is 1.91 bits per heavy atom. The fraction of sp³-hybridized carbons (Fsp3) is 0.688. The third-order valence-electron chi connectivity index (χ3n) is 4.65. The molecule has 1 amide bonds. The van der Waals surface area contributed by atoms with E-state index in [9.17, 15) is 4.79 Å². The summed E-state index contributed by atoms with van der Waals surface area (Å²) in [6.07, 6.45) is 9.72. The van der Waals surface area contributed by atoms with E-state index in [1.54, 1.807) is 12.4 Å². The highest BCUT2D eigenvalue weighted by Gasteiger charge is 2.37. The van der Waals surface area contributed by atoms with E-state index in [-0.39, 0.29) is 11.4 Å². The monoisotopic (exact) mass is 304 g/mol. The molecule has 1 saturated heterocycles. The number of ether oxygens (including phenoxy) is 1. The number of hydrogen-bond donors (Lipinski definition) is 2. The van der Waals surface area contributed by atoms with Crippen molar-refractivity contribution >= 4 is 5.91 Å². The molecule has 22 heavy (non-hydrogen) atoms. The molecule has 0 unspecified atom stereocenters. The van der Waals surface area contributed by atoms with Gasteiger partial charge >= 0.3 is 0 Å². The van der Waals surface area contributed by atoms with Gasteiger partial charge in [-0.25, -0.2) is 9.97 Å². The summed E-state index contributed by atoms with van der Waals surface area (Å²) < 4.78 is 5.46. The van der Waals surface area contributed by atoms with Crippen LogP contribution in [0.3, 0.4) is 0 Å². The Hall–Kier alpha value is -1.53. The molecule has 2 heterocycles. The molecule has 1 aliphatic carbocycles. The van der Waals surface area contributed by atoms with Crippen molar-refractivity contribution in [2.24, 2.45) is 0 Å². The molecule has 0 aromatic carbocycles. The quantitative estimate of drug-likeness (QED) is 0.853. The second-order valence-electron chi connectivity index (χ2n) is 6.17. The lowest BCUT2D eigenvalue weighted by molar-refractivity contribution is -0.121. The lowest BCUT2D eigenvalue weighted by atomic mass is 9.89. The molecule has 0 spiro atoms. The first-order valence-electron chi connectivity index (χ1n) is 8.18. The lowest BCUT2D eigenvalue weighted by Gasteiger charge is -2.36. The lowest BCUT2D eigenvalue weighted by Crippen LogP contribution is -2.51. The zero-order chi connectivity index (χ0) is 15.3. The van der Waals surface area contributed by atoms with Gasteiger partial charge in [-0.15, -0.1) is 0 Å². The standard InChI is InChI=1S/C16H24N4O2/c21-14(20-13-4-1-2-5-13)12-19-16(6-10-22-11-7-16)15-17-8-3-9-18-15/h3,8-9,13,19H,1-2,4-7,10-12H2,(H,20,21). The van der Waals surface area contributed by atoms with Crippen molar-refractivity contribution in [1.29, 1.82) is 0 Å². The van der Waals surface area contributed by atoms with Crippen molar-refractivity contribution in [2.75, 3.05) is 19.8 Å². The summed E-state index contributed by atoms with van der Waals surface area (Å²) in [7, 11) is 0. The maximum absolute atomic E-state index is 12.2. The average Bonchev–Trinajstić information content (AvgIpc) is 3.08. The number of carbonyl (C=O) groups is 1. The van der Waals surface area contributed by atoms with Crippen LogP contribution in [0.25, 0.3) is 0 Å². The van der Waals surface area contributed by atoms with Crippen LogP contribution < -0.4 is 10.6 Å². The maximum atomic E-state index is 12.2. The molecule has 0 atom stereocenters. The topological polar surface area (TPSA) is 76.1 Å². The Morgan fingerprint density at radius 1 is 1.23 bits per heavy atom. The van der Waals surface area contributed by atoms with Crippen LogP contribution >= 0.6 is 0 Å². The number of hydrogen-bond acceptors (Lipinski definition) is 5.